The Labute approximate surface area is 142 Å². The highest BCUT2D eigenvalue weighted by atomic mass is 16.5. The summed E-state index contributed by atoms with van der Waals surface area (Å²) in [6.45, 7) is 1.85. The number of hydrogen-bond donors (Lipinski definition) is 2. The van der Waals surface area contributed by atoms with E-state index in [1.807, 2.05) is 6.07 Å². The molecule has 24 heavy (non-hydrogen) atoms. The normalized spacial score (nSPS) is 21.6. The van der Waals surface area contributed by atoms with Gasteiger partial charge < -0.3 is 15.4 Å². The number of carbonyl (C=O) groups excluding carboxylic acids is 2. The number of benzene rings is 1. The highest BCUT2D eigenvalue weighted by Gasteiger charge is 2.31. The van der Waals surface area contributed by atoms with Gasteiger partial charge in [-0.05, 0) is 31.4 Å². The fourth-order valence-corrected chi connectivity index (χ4v) is 3.68. The first-order chi connectivity index (χ1) is 11.7. The van der Waals surface area contributed by atoms with Crippen LogP contribution in [0, 0.1) is 0 Å². The molecule has 0 bridgehead atoms. The Hall–Kier alpha value is -2.08. The van der Waals surface area contributed by atoms with Crippen LogP contribution in [0.25, 0.3) is 0 Å². The molecule has 2 N–H and O–H groups in total. The fraction of sp³-hybridized carbons (Fsp3) is 0.556. The number of anilines is 1. The fourth-order valence-electron chi connectivity index (χ4n) is 3.68. The summed E-state index contributed by atoms with van der Waals surface area (Å²) in [4.78, 5) is 26.7. The molecular formula is C18H25N3O3. The monoisotopic (exact) mass is 331 g/mol. The van der Waals surface area contributed by atoms with Crippen LogP contribution >= 0.6 is 0 Å². The molecule has 0 unspecified atom stereocenters. The van der Waals surface area contributed by atoms with Gasteiger partial charge in [0.25, 0.3) is 0 Å². The van der Waals surface area contributed by atoms with Crippen molar-refractivity contribution in [1.29, 1.82) is 0 Å². The van der Waals surface area contributed by atoms with Gasteiger partial charge in [-0.2, -0.15) is 0 Å². The minimum Gasteiger partial charge on any atom is -0.495 e. The second-order valence-electron chi connectivity index (χ2n) is 6.55. The SMILES string of the molecule is COc1ccccc1NC(=O)C(=O)N[C@@H]1CCN(C2CCCC2)C1. The molecule has 0 spiro atoms. The van der Waals surface area contributed by atoms with Crippen LogP contribution in [0.4, 0.5) is 5.69 Å². The van der Waals surface area contributed by atoms with Gasteiger partial charge in [0.05, 0.1) is 12.8 Å². The number of methoxy groups -OCH3 is 1. The van der Waals surface area contributed by atoms with E-state index in [0.29, 0.717) is 17.5 Å². The molecule has 6 heteroatoms. The Morgan fingerprint density at radius 2 is 1.88 bits per heavy atom. The standard InChI is InChI=1S/C18H25N3O3/c1-24-16-9-5-4-8-15(16)20-18(23)17(22)19-13-10-11-21(12-13)14-6-2-3-7-14/h4-5,8-9,13-14H,2-3,6-7,10-12H2,1H3,(H,19,22)(H,20,23)/t13-/m1/s1. The van der Waals surface area contributed by atoms with Crippen LogP contribution in [0.5, 0.6) is 5.75 Å². The Bertz CT molecular complexity index is 599. The van der Waals surface area contributed by atoms with Crippen molar-refractivity contribution in [2.24, 2.45) is 0 Å². The Morgan fingerprint density at radius 1 is 1.12 bits per heavy atom. The Balaban J connectivity index is 1.50. The van der Waals surface area contributed by atoms with Gasteiger partial charge in [-0.3, -0.25) is 14.5 Å². The third-order valence-corrected chi connectivity index (χ3v) is 4.96. The topological polar surface area (TPSA) is 70.7 Å². The third kappa shape index (κ3) is 3.87. The van der Waals surface area contributed by atoms with E-state index in [4.69, 9.17) is 4.74 Å². The van der Waals surface area contributed by atoms with Crippen LogP contribution in [0.2, 0.25) is 0 Å². The van der Waals surface area contributed by atoms with Crippen LogP contribution in [0.3, 0.4) is 0 Å². The summed E-state index contributed by atoms with van der Waals surface area (Å²) in [6, 6.07) is 7.76. The molecule has 1 heterocycles. The minimum absolute atomic E-state index is 0.0570. The van der Waals surface area contributed by atoms with E-state index in [1.54, 1.807) is 18.2 Å². The number of carbonyl (C=O) groups is 2. The molecule has 2 fully saturated rings. The van der Waals surface area contributed by atoms with Crippen LogP contribution in [-0.2, 0) is 9.59 Å². The van der Waals surface area contributed by atoms with Gasteiger partial charge in [-0.15, -0.1) is 0 Å². The van der Waals surface area contributed by atoms with Crippen LogP contribution in [-0.4, -0.2) is 49.0 Å². The van der Waals surface area contributed by atoms with Gasteiger partial charge in [-0.1, -0.05) is 25.0 Å². The van der Waals surface area contributed by atoms with E-state index in [-0.39, 0.29) is 6.04 Å². The van der Waals surface area contributed by atoms with Gasteiger partial charge in [0.2, 0.25) is 0 Å². The van der Waals surface area contributed by atoms with Crippen molar-refractivity contribution in [2.75, 3.05) is 25.5 Å². The van der Waals surface area contributed by atoms with E-state index in [1.165, 1.54) is 32.8 Å². The number of amides is 2. The maximum atomic E-state index is 12.1. The van der Waals surface area contributed by atoms with Crippen molar-refractivity contribution in [1.82, 2.24) is 10.2 Å². The van der Waals surface area contributed by atoms with Crippen LogP contribution in [0.15, 0.2) is 24.3 Å². The molecule has 1 aliphatic heterocycles. The first-order valence-corrected chi connectivity index (χ1v) is 8.66. The van der Waals surface area contributed by atoms with Crippen molar-refractivity contribution in [3.8, 4) is 5.75 Å². The Kier molecular flexibility index (Phi) is 5.35. The number of nitrogens with one attached hydrogen (secondary N) is 2. The van der Waals surface area contributed by atoms with Crippen LogP contribution in [0.1, 0.15) is 32.1 Å². The smallest absolute Gasteiger partial charge is 0.313 e. The molecule has 130 valence electrons. The summed E-state index contributed by atoms with van der Waals surface area (Å²) < 4.78 is 5.18. The number of ether oxygens (including phenoxy) is 1. The maximum Gasteiger partial charge on any atom is 0.313 e. The van der Waals surface area contributed by atoms with Crippen molar-refractivity contribution in [3.05, 3.63) is 24.3 Å². The molecule has 1 aliphatic carbocycles. The quantitative estimate of drug-likeness (QED) is 0.825. The van der Waals surface area contributed by atoms with Gasteiger partial charge in [0, 0.05) is 25.2 Å². The number of rotatable bonds is 4. The summed E-state index contributed by atoms with van der Waals surface area (Å²) in [6.07, 6.45) is 6.03. The van der Waals surface area contributed by atoms with Crippen molar-refractivity contribution in [2.45, 2.75) is 44.2 Å². The zero-order chi connectivity index (χ0) is 16.9. The van der Waals surface area contributed by atoms with Gasteiger partial charge in [0.15, 0.2) is 0 Å². The van der Waals surface area contributed by atoms with E-state index in [0.717, 1.165) is 19.5 Å². The number of nitrogens with zero attached hydrogens (tertiary/aromatic N) is 1. The summed E-state index contributed by atoms with van der Waals surface area (Å²) in [7, 11) is 1.53. The van der Waals surface area contributed by atoms with Crippen LogP contribution < -0.4 is 15.4 Å². The molecule has 6 nitrogen and oxygen atoms in total. The zero-order valence-corrected chi connectivity index (χ0v) is 14.1. The average molecular weight is 331 g/mol. The predicted molar refractivity (Wildman–Crippen MR) is 92.0 cm³/mol. The van der Waals surface area contributed by atoms with E-state index in [2.05, 4.69) is 15.5 Å². The molecule has 1 saturated heterocycles. The van der Waals surface area contributed by atoms with E-state index < -0.39 is 11.8 Å². The predicted octanol–water partition coefficient (Wildman–Crippen LogP) is 1.77. The molecule has 3 rings (SSSR count). The summed E-state index contributed by atoms with van der Waals surface area (Å²) in [5.74, 6) is -0.704. The summed E-state index contributed by atoms with van der Waals surface area (Å²) >= 11 is 0. The molecule has 0 radical (unpaired) electrons. The van der Waals surface area contributed by atoms with Crippen molar-refractivity contribution >= 4 is 17.5 Å². The average Bonchev–Trinajstić information content (AvgIpc) is 3.26. The Morgan fingerprint density at radius 3 is 2.62 bits per heavy atom. The highest BCUT2D eigenvalue weighted by molar-refractivity contribution is 6.39. The largest absolute Gasteiger partial charge is 0.495 e. The first-order valence-electron chi connectivity index (χ1n) is 8.66. The molecule has 2 aliphatic rings. The summed E-state index contributed by atoms with van der Waals surface area (Å²) in [5.41, 5.74) is 0.499. The molecular weight excluding hydrogens is 306 g/mol. The lowest BCUT2D eigenvalue weighted by Gasteiger charge is -2.23. The minimum atomic E-state index is -0.654. The lowest BCUT2D eigenvalue weighted by molar-refractivity contribution is -0.136. The molecule has 1 saturated carbocycles. The summed E-state index contributed by atoms with van der Waals surface area (Å²) in [5, 5.41) is 5.47. The second-order valence-corrected chi connectivity index (χ2v) is 6.55. The lowest BCUT2D eigenvalue weighted by Crippen LogP contribution is -2.43. The van der Waals surface area contributed by atoms with E-state index >= 15 is 0 Å². The number of hydrogen-bond acceptors (Lipinski definition) is 4. The molecule has 1 aromatic rings. The molecule has 0 aromatic heterocycles. The maximum absolute atomic E-state index is 12.1. The molecule has 1 atom stereocenters. The van der Waals surface area contributed by atoms with E-state index in [9.17, 15) is 9.59 Å². The number of likely N-dealkylation sites (tertiary alicyclic amines) is 1. The van der Waals surface area contributed by atoms with Gasteiger partial charge in [0.1, 0.15) is 5.75 Å². The second kappa shape index (κ2) is 7.66. The molecule has 2 amide bonds. The lowest BCUT2D eigenvalue weighted by atomic mass is 10.2. The van der Waals surface area contributed by atoms with Gasteiger partial charge in [-0.25, -0.2) is 0 Å². The van der Waals surface area contributed by atoms with Crippen molar-refractivity contribution < 1.29 is 14.3 Å². The number of para-hydroxylation sites is 2. The van der Waals surface area contributed by atoms with Crippen molar-refractivity contribution in [3.63, 3.8) is 0 Å². The highest BCUT2D eigenvalue weighted by Crippen LogP contribution is 2.26. The third-order valence-electron chi connectivity index (χ3n) is 4.96. The molecule has 1 aromatic carbocycles. The first kappa shape index (κ1) is 16.8. The van der Waals surface area contributed by atoms with Gasteiger partial charge >= 0.3 is 11.8 Å². The zero-order valence-electron chi connectivity index (χ0n) is 14.1.